The Morgan fingerprint density at radius 3 is 2.58 bits per heavy atom. The molecule has 11 heteroatoms. The third-order valence-corrected chi connectivity index (χ3v) is 3.17. The van der Waals surface area contributed by atoms with Gasteiger partial charge in [0.2, 0.25) is 5.82 Å². The van der Waals surface area contributed by atoms with Gasteiger partial charge in [-0.1, -0.05) is 0 Å². The van der Waals surface area contributed by atoms with Crippen LogP contribution in [-0.2, 0) is 30.3 Å². The van der Waals surface area contributed by atoms with E-state index >= 15 is 0 Å². The molecular formula is C13H24N4NiO5P. The van der Waals surface area contributed by atoms with Crippen molar-refractivity contribution in [2.45, 2.75) is 38.0 Å². The minimum atomic E-state index is -2.94. The summed E-state index contributed by atoms with van der Waals surface area (Å²) in [4.78, 5) is 23.1. The van der Waals surface area contributed by atoms with Crippen LogP contribution >= 0.6 is 8.25 Å². The smallest absolute Gasteiger partial charge is 0.363 e. The van der Waals surface area contributed by atoms with E-state index in [2.05, 4.69) is 28.5 Å². The van der Waals surface area contributed by atoms with Gasteiger partial charge in [0, 0.05) is 0 Å². The van der Waals surface area contributed by atoms with Crippen molar-refractivity contribution in [2.24, 2.45) is 5.73 Å². The molecule has 0 spiro atoms. The van der Waals surface area contributed by atoms with Crippen LogP contribution in [-0.4, -0.2) is 38.3 Å². The van der Waals surface area contributed by atoms with Gasteiger partial charge >= 0.3 is 24.7 Å². The average Bonchev–Trinajstić information content (AvgIpc) is 3.14. The molecule has 0 aromatic carbocycles. The van der Waals surface area contributed by atoms with E-state index in [4.69, 9.17) is 15.4 Å². The zero-order valence-corrected chi connectivity index (χ0v) is 15.5. The monoisotopic (exact) mass is 405 g/mol. The number of amides is 1. The zero-order chi connectivity index (χ0) is 16.5. The largest absolute Gasteiger partial charge is 3.00 e. The van der Waals surface area contributed by atoms with Crippen LogP contribution in [0.25, 0.3) is 0 Å². The summed E-state index contributed by atoms with van der Waals surface area (Å²) in [6.45, 7) is 7.14. The second kappa shape index (κ2) is 13.5. The van der Waals surface area contributed by atoms with E-state index in [-0.39, 0.29) is 48.7 Å². The fourth-order valence-electron chi connectivity index (χ4n) is 1.69. The number of hydrogen-bond donors (Lipinski definition) is 2. The first-order valence-corrected chi connectivity index (χ1v) is 8.04. The van der Waals surface area contributed by atoms with Crippen LogP contribution in [0.2, 0.25) is 0 Å². The number of ether oxygens (including phenoxy) is 1. The minimum Gasteiger partial charge on any atom is -0.363 e. The molecule has 2 heterocycles. The minimum absolute atomic E-state index is 0. The Labute approximate surface area is 153 Å². The van der Waals surface area contributed by atoms with Gasteiger partial charge in [-0.15, -0.1) is 5.10 Å². The van der Waals surface area contributed by atoms with E-state index in [9.17, 15) is 9.36 Å². The molecule has 2 rings (SSSR count). The van der Waals surface area contributed by atoms with Gasteiger partial charge in [0.25, 0.3) is 5.91 Å². The van der Waals surface area contributed by atoms with Crippen molar-refractivity contribution in [3.8, 4) is 0 Å². The molecule has 1 aromatic rings. The molecule has 1 amide bonds. The van der Waals surface area contributed by atoms with Gasteiger partial charge in [-0.2, -0.15) is 0 Å². The fourth-order valence-corrected chi connectivity index (χ4v) is 2.02. The predicted molar refractivity (Wildman–Crippen MR) is 85.2 cm³/mol. The second-order valence-electron chi connectivity index (χ2n) is 4.49. The zero-order valence-electron chi connectivity index (χ0n) is 13.5. The third-order valence-electron chi connectivity index (χ3n) is 2.75. The van der Waals surface area contributed by atoms with E-state index in [0.29, 0.717) is 12.8 Å². The Morgan fingerprint density at radius 1 is 1.50 bits per heavy atom. The van der Waals surface area contributed by atoms with Crippen LogP contribution in [0.5, 0.6) is 0 Å². The molecule has 1 saturated heterocycles. The first kappa shape index (κ1) is 25.5. The predicted octanol–water partition coefficient (Wildman–Crippen LogP) is 1.34. The summed E-state index contributed by atoms with van der Waals surface area (Å²) in [6.07, 6.45) is 3.98. The SMILES string of the molecule is NC(=O)c1ncn([C@H]2CC[C@@H](CO[PH](=O)O)O2)n1.[CH2-]CC[CH2-].[CH3-].[Ni+3]. The average molecular weight is 406 g/mol. The fraction of sp³-hybridized carbons (Fsp3) is 0.538. The molecule has 141 valence electrons. The summed E-state index contributed by atoms with van der Waals surface area (Å²) in [5, 5.41) is 3.88. The third kappa shape index (κ3) is 8.90. The van der Waals surface area contributed by atoms with Gasteiger partial charge < -0.3 is 41.2 Å². The number of hydrogen-bond acceptors (Lipinski definition) is 6. The van der Waals surface area contributed by atoms with E-state index in [1.807, 2.05) is 0 Å². The summed E-state index contributed by atoms with van der Waals surface area (Å²) >= 11 is 0. The molecule has 0 saturated carbocycles. The first-order valence-electron chi connectivity index (χ1n) is 6.78. The molecule has 24 heavy (non-hydrogen) atoms. The number of rotatable bonds is 6. The number of primary amides is 1. The molecule has 3 atom stereocenters. The van der Waals surface area contributed by atoms with Gasteiger partial charge in [-0.25, -0.2) is 22.5 Å². The molecule has 1 aliphatic heterocycles. The summed E-state index contributed by atoms with van der Waals surface area (Å²) in [7, 11) is -2.94. The Balaban J connectivity index is 0. The molecule has 3 N–H and O–H groups in total. The molecule has 1 radical (unpaired) electrons. The maximum atomic E-state index is 10.8. The quantitative estimate of drug-likeness (QED) is 0.414. The van der Waals surface area contributed by atoms with Crippen molar-refractivity contribution < 1.29 is 40.0 Å². The maximum absolute atomic E-state index is 10.8. The van der Waals surface area contributed by atoms with Gasteiger partial charge in [-0.05, 0) is 12.8 Å². The summed E-state index contributed by atoms with van der Waals surface area (Å²) in [6, 6.07) is 0. The van der Waals surface area contributed by atoms with Crippen molar-refractivity contribution in [2.75, 3.05) is 6.61 Å². The van der Waals surface area contributed by atoms with Gasteiger partial charge in [-0.3, -0.25) is 9.36 Å². The van der Waals surface area contributed by atoms with Crippen LogP contribution in [0, 0.1) is 21.3 Å². The van der Waals surface area contributed by atoms with E-state index < -0.39 is 14.2 Å². The van der Waals surface area contributed by atoms with Crippen LogP contribution < -0.4 is 5.73 Å². The molecule has 1 aliphatic rings. The maximum Gasteiger partial charge on any atom is 3.00 e. The topological polar surface area (TPSA) is 130 Å². The van der Waals surface area contributed by atoms with E-state index in [1.165, 1.54) is 11.0 Å². The normalized spacial score (nSPS) is 20.1. The van der Waals surface area contributed by atoms with Crippen molar-refractivity contribution in [1.82, 2.24) is 14.8 Å². The second-order valence-corrected chi connectivity index (χ2v) is 5.31. The number of unbranched alkanes of at least 4 members (excludes halogenated alkanes) is 1. The Kier molecular flexibility index (Phi) is 14.3. The van der Waals surface area contributed by atoms with Gasteiger partial charge in [0.1, 0.15) is 6.33 Å². The van der Waals surface area contributed by atoms with Crippen molar-refractivity contribution in [3.05, 3.63) is 33.4 Å². The van der Waals surface area contributed by atoms with Gasteiger partial charge in [0.15, 0.2) is 6.23 Å². The van der Waals surface area contributed by atoms with Crippen molar-refractivity contribution in [3.63, 3.8) is 0 Å². The Bertz CT molecular complexity index is 500. The molecule has 1 unspecified atom stereocenters. The molecule has 1 aromatic heterocycles. The van der Waals surface area contributed by atoms with E-state index in [1.54, 1.807) is 0 Å². The summed E-state index contributed by atoms with van der Waals surface area (Å²) in [5.41, 5.74) is 5.04. The molecular weight excluding hydrogens is 382 g/mol. The van der Waals surface area contributed by atoms with Crippen molar-refractivity contribution in [1.29, 1.82) is 0 Å². The van der Waals surface area contributed by atoms with Crippen LogP contribution in [0.15, 0.2) is 6.33 Å². The van der Waals surface area contributed by atoms with Crippen molar-refractivity contribution >= 4 is 14.2 Å². The number of nitrogens with two attached hydrogens (primary N) is 1. The van der Waals surface area contributed by atoms with E-state index in [0.717, 1.165) is 12.8 Å². The standard InChI is InChI=1S/C8H13N4O5P.C4H8.CH3.Ni/c9-7(13)8-10-4-12(11-8)6-2-1-5(17-6)3-16-18(14)15;1-3-4-2;;/h4-6,18H,1-3H2,(H2,9,13)(H,14,15);1-4H2;1H3;/q;-2;-1;+3/t5-,6+;;;/m0.../s1. The molecule has 1 fully saturated rings. The van der Waals surface area contributed by atoms with Crippen LogP contribution in [0.1, 0.15) is 42.5 Å². The summed E-state index contributed by atoms with van der Waals surface area (Å²) in [5.74, 6) is -0.774. The molecule has 0 bridgehead atoms. The molecule has 0 aliphatic carbocycles. The summed E-state index contributed by atoms with van der Waals surface area (Å²) < 4.78 is 22.0. The van der Waals surface area contributed by atoms with Gasteiger partial charge in [0.05, 0.1) is 12.7 Å². The first-order chi connectivity index (χ1) is 10.5. The van der Waals surface area contributed by atoms with Crippen LogP contribution in [0.4, 0.5) is 0 Å². The Hall–Kier alpha value is -0.786. The molecule has 9 nitrogen and oxygen atoms in total. The number of carbonyl (C=O) groups excluding carboxylic acids is 1. The number of nitrogens with zero attached hydrogens (tertiary/aromatic N) is 3. The van der Waals surface area contributed by atoms with Crippen LogP contribution in [0.3, 0.4) is 0 Å². The number of carbonyl (C=O) groups is 1. The number of aromatic nitrogens is 3. The Morgan fingerprint density at radius 2 is 2.12 bits per heavy atom.